The maximum Gasteiger partial charge on any atom is 0.254 e. The van der Waals surface area contributed by atoms with Crippen LogP contribution in [-0.4, -0.2) is 73.7 Å². The van der Waals surface area contributed by atoms with Gasteiger partial charge in [-0.15, -0.1) is 6.58 Å². The molecule has 2 N–H and O–H groups in total. The summed E-state index contributed by atoms with van der Waals surface area (Å²) < 4.78 is 0.759. The largest absolute Gasteiger partial charge is 0.507 e. The summed E-state index contributed by atoms with van der Waals surface area (Å²) in [6.07, 6.45) is 1.78. The van der Waals surface area contributed by atoms with E-state index in [0.29, 0.717) is 26.2 Å². The molecular weight excluding hydrogens is 448 g/mol. The third-order valence-electron chi connectivity index (χ3n) is 5.50. The predicted octanol–water partition coefficient (Wildman–Crippen LogP) is 2.84. The monoisotopic (exact) mass is 468 g/mol. The molecule has 4 rings (SSSR count). The molecule has 164 valence electrons. The highest BCUT2D eigenvalue weighted by Crippen LogP contribution is 2.37. The molecule has 1 fully saturated rings. The van der Waals surface area contributed by atoms with Crippen LogP contribution in [0.2, 0.25) is 0 Å². The van der Waals surface area contributed by atoms with Crippen LogP contribution >= 0.6 is 24.0 Å². The van der Waals surface area contributed by atoms with Gasteiger partial charge in [0.2, 0.25) is 5.78 Å². The summed E-state index contributed by atoms with van der Waals surface area (Å²) in [5, 5.41) is 20.6. The van der Waals surface area contributed by atoms with E-state index in [1.165, 1.54) is 42.1 Å². The van der Waals surface area contributed by atoms with Crippen LogP contribution in [0.3, 0.4) is 0 Å². The van der Waals surface area contributed by atoms with Crippen molar-refractivity contribution in [2.24, 2.45) is 0 Å². The first kappa shape index (κ1) is 22.0. The number of phenolic OH excluding ortho intramolecular Hbond substituents is 2. The Labute approximate surface area is 194 Å². The second-order valence-corrected chi connectivity index (χ2v) is 9.07. The highest BCUT2D eigenvalue weighted by molar-refractivity contribution is 8.23. The fourth-order valence-corrected chi connectivity index (χ4v) is 4.91. The molecule has 9 heteroatoms. The first-order valence-corrected chi connectivity index (χ1v) is 11.3. The van der Waals surface area contributed by atoms with Crippen molar-refractivity contribution in [2.75, 3.05) is 31.9 Å². The number of piperazine rings is 1. The number of carbonyl (C=O) groups is 3. The van der Waals surface area contributed by atoms with Crippen molar-refractivity contribution >= 4 is 45.8 Å². The molecule has 0 saturated carbocycles. The van der Waals surface area contributed by atoms with E-state index in [2.05, 4.69) is 6.58 Å². The third-order valence-corrected chi connectivity index (χ3v) is 7.02. The predicted molar refractivity (Wildman–Crippen MR) is 126 cm³/mol. The van der Waals surface area contributed by atoms with Gasteiger partial charge < -0.3 is 20.0 Å². The lowest BCUT2D eigenvalue weighted by Gasteiger charge is -2.36. The summed E-state index contributed by atoms with van der Waals surface area (Å²) in [6, 6.07) is 6.77. The van der Waals surface area contributed by atoms with Gasteiger partial charge in [-0.05, 0) is 18.2 Å². The Balaban J connectivity index is 1.57. The standard InChI is InChI=1S/C23H20N2O5S2/c1-2-10-32-23(31)25-8-6-24(7-9-25)22(30)13-11-15-19(17(27)12-13)21(29)18-14(20(15)28)4-3-5-16(18)26/h2-5,11-12,26-27H,1,6-10H2. The minimum absolute atomic E-state index is 0.0444. The van der Waals surface area contributed by atoms with E-state index in [0.717, 1.165) is 10.1 Å². The van der Waals surface area contributed by atoms with Crippen LogP contribution < -0.4 is 0 Å². The number of carbonyl (C=O) groups excluding carboxylic acids is 3. The van der Waals surface area contributed by atoms with Crippen molar-refractivity contribution < 1.29 is 24.6 Å². The summed E-state index contributed by atoms with van der Waals surface area (Å²) in [7, 11) is 0. The number of fused-ring (bicyclic) bond motifs is 2. The van der Waals surface area contributed by atoms with Crippen molar-refractivity contribution in [2.45, 2.75) is 0 Å². The molecule has 2 aromatic rings. The summed E-state index contributed by atoms with van der Waals surface area (Å²) in [5.41, 5.74) is -0.207. The topological polar surface area (TPSA) is 98.2 Å². The van der Waals surface area contributed by atoms with Crippen molar-refractivity contribution in [3.05, 3.63) is 70.8 Å². The fourth-order valence-electron chi connectivity index (χ4n) is 3.90. The lowest BCUT2D eigenvalue weighted by atomic mass is 9.82. The van der Waals surface area contributed by atoms with Gasteiger partial charge in [0.25, 0.3) is 5.91 Å². The number of hydrogen-bond acceptors (Lipinski definition) is 7. The number of thiocarbonyl (C=S) groups is 1. The smallest absolute Gasteiger partial charge is 0.254 e. The summed E-state index contributed by atoms with van der Waals surface area (Å²) in [5.74, 6) is -1.57. The van der Waals surface area contributed by atoms with E-state index in [9.17, 15) is 24.6 Å². The Bertz CT molecular complexity index is 1170. The summed E-state index contributed by atoms with van der Waals surface area (Å²) >= 11 is 6.92. The van der Waals surface area contributed by atoms with Gasteiger partial charge in [-0.1, -0.05) is 42.2 Å². The average Bonchev–Trinajstić information content (AvgIpc) is 2.80. The van der Waals surface area contributed by atoms with E-state index >= 15 is 0 Å². The molecule has 2 aromatic carbocycles. The van der Waals surface area contributed by atoms with Gasteiger partial charge in [-0.3, -0.25) is 14.4 Å². The van der Waals surface area contributed by atoms with Crippen molar-refractivity contribution in [3.8, 4) is 11.5 Å². The maximum atomic E-state index is 13.1. The number of benzene rings is 2. The molecular formula is C23H20N2O5S2. The lowest BCUT2D eigenvalue weighted by molar-refractivity contribution is 0.0694. The number of amides is 1. The number of nitrogens with zero attached hydrogens (tertiary/aromatic N) is 2. The van der Waals surface area contributed by atoms with E-state index in [1.54, 1.807) is 11.0 Å². The van der Waals surface area contributed by atoms with Crippen LogP contribution in [0.1, 0.15) is 42.2 Å². The van der Waals surface area contributed by atoms with E-state index in [4.69, 9.17) is 12.2 Å². The molecule has 0 bridgehead atoms. The second-order valence-electron chi connectivity index (χ2n) is 7.42. The summed E-state index contributed by atoms with van der Waals surface area (Å²) in [6.45, 7) is 5.72. The molecule has 0 atom stereocenters. The zero-order chi connectivity index (χ0) is 23.0. The van der Waals surface area contributed by atoms with Gasteiger partial charge in [0.05, 0.1) is 11.1 Å². The number of aromatic hydroxyl groups is 2. The van der Waals surface area contributed by atoms with Crippen LogP contribution in [0.25, 0.3) is 0 Å². The number of hydrogen-bond donors (Lipinski definition) is 2. The Morgan fingerprint density at radius 3 is 2.34 bits per heavy atom. The van der Waals surface area contributed by atoms with Gasteiger partial charge in [0, 0.05) is 48.6 Å². The van der Waals surface area contributed by atoms with Crippen LogP contribution in [-0.2, 0) is 0 Å². The normalized spacial score (nSPS) is 15.2. The molecule has 2 aliphatic rings. The summed E-state index contributed by atoms with van der Waals surface area (Å²) in [4.78, 5) is 42.6. The molecule has 0 spiro atoms. The molecule has 1 aliphatic heterocycles. The highest BCUT2D eigenvalue weighted by Gasteiger charge is 2.35. The molecule has 1 aliphatic carbocycles. The molecule has 0 aromatic heterocycles. The Hall–Kier alpha value is -3.17. The first-order chi connectivity index (χ1) is 15.3. The Morgan fingerprint density at radius 2 is 1.66 bits per heavy atom. The minimum atomic E-state index is -0.650. The van der Waals surface area contributed by atoms with Gasteiger partial charge in [0.1, 0.15) is 15.8 Å². The fraction of sp³-hybridized carbons (Fsp3) is 0.217. The molecule has 1 heterocycles. The Kier molecular flexibility index (Phi) is 6.03. The maximum absolute atomic E-state index is 13.1. The molecule has 32 heavy (non-hydrogen) atoms. The van der Waals surface area contributed by atoms with Crippen LogP contribution in [0.5, 0.6) is 11.5 Å². The minimum Gasteiger partial charge on any atom is -0.507 e. The highest BCUT2D eigenvalue weighted by atomic mass is 32.2. The molecule has 7 nitrogen and oxygen atoms in total. The molecule has 1 saturated heterocycles. The number of phenols is 2. The van der Waals surface area contributed by atoms with Gasteiger partial charge in [-0.2, -0.15) is 0 Å². The first-order valence-electron chi connectivity index (χ1n) is 9.93. The SMILES string of the molecule is C=CCSC(=S)N1CCN(C(=O)c2cc(O)c3c(c2)C(=O)c2cccc(O)c2C3=O)CC1. The Morgan fingerprint density at radius 1 is 1.00 bits per heavy atom. The molecule has 0 unspecified atom stereocenters. The van der Waals surface area contributed by atoms with E-state index < -0.39 is 17.3 Å². The van der Waals surface area contributed by atoms with Crippen LogP contribution in [0, 0.1) is 0 Å². The lowest BCUT2D eigenvalue weighted by Crippen LogP contribution is -2.49. The number of rotatable bonds is 3. The van der Waals surface area contributed by atoms with E-state index in [1.807, 2.05) is 4.90 Å². The van der Waals surface area contributed by atoms with Crippen molar-refractivity contribution in [1.29, 1.82) is 0 Å². The van der Waals surface area contributed by atoms with E-state index in [-0.39, 0.29) is 39.5 Å². The average molecular weight is 469 g/mol. The van der Waals surface area contributed by atoms with Crippen molar-refractivity contribution in [3.63, 3.8) is 0 Å². The van der Waals surface area contributed by atoms with Crippen LogP contribution in [0.4, 0.5) is 0 Å². The quantitative estimate of drug-likeness (QED) is 0.447. The number of thioether (sulfide) groups is 1. The van der Waals surface area contributed by atoms with Gasteiger partial charge in [0.15, 0.2) is 5.78 Å². The third kappa shape index (κ3) is 3.78. The zero-order valence-electron chi connectivity index (χ0n) is 17.0. The zero-order valence-corrected chi connectivity index (χ0v) is 18.7. The van der Waals surface area contributed by atoms with Gasteiger partial charge >= 0.3 is 0 Å². The molecule has 0 radical (unpaired) electrons. The van der Waals surface area contributed by atoms with Crippen molar-refractivity contribution in [1.82, 2.24) is 9.80 Å². The second kappa shape index (κ2) is 8.76. The number of ketones is 2. The molecule has 1 amide bonds. The van der Waals surface area contributed by atoms with Gasteiger partial charge in [-0.25, -0.2) is 0 Å². The van der Waals surface area contributed by atoms with Crippen LogP contribution in [0.15, 0.2) is 43.0 Å².